The van der Waals surface area contributed by atoms with Gasteiger partial charge in [0, 0.05) is 11.5 Å². The first-order valence-electron chi connectivity index (χ1n) is 5.65. The molecule has 1 aromatic heterocycles. The van der Waals surface area contributed by atoms with Crippen molar-refractivity contribution in [3.05, 3.63) is 34.2 Å². The number of nitrogen functional groups attached to an aromatic ring is 1. The first kappa shape index (κ1) is 12.9. The van der Waals surface area contributed by atoms with E-state index in [2.05, 4.69) is 0 Å². The lowest BCUT2D eigenvalue weighted by atomic mass is 10.1. The fourth-order valence-corrected chi connectivity index (χ4v) is 1.69. The quantitative estimate of drug-likeness (QED) is 0.513. The van der Waals surface area contributed by atoms with Crippen LogP contribution in [0.3, 0.4) is 0 Å². The summed E-state index contributed by atoms with van der Waals surface area (Å²) in [5, 5.41) is 0.529. The van der Waals surface area contributed by atoms with Gasteiger partial charge in [0.25, 0.3) is 0 Å². The minimum absolute atomic E-state index is 0.154. The van der Waals surface area contributed by atoms with Gasteiger partial charge in [-0.25, -0.2) is 9.59 Å². The van der Waals surface area contributed by atoms with E-state index in [0.717, 1.165) is 0 Å². The van der Waals surface area contributed by atoms with E-state index in [9.17, 15) is 9.59 Å². The van der Waals surface area contributed by atoms with Crippen LogP contribution in [0.15, 0.2) is 27.4 Å². The largest absolute Gasteiger partial charge is 0.494 e. The molecule has 6 heteroatoms. The molecule has 0 fully saturated rings. The number of esters is 1. The Balaban J connectivity index is 2.63. The number of nitrogens with two attached hydrogens (primary N) is 1. The normalized spacial score (nSPS) is 10.4. The molecule has 1 heterocycles. The number of carbonyl (C=O) groups excluding carboxylic acids is 1. The van der Waals surface area contributed by atoms with Gasteiger partial charge < -0.3 is 19.6 Å². The van der Waals surface area contributed by atoms with Gasteiger partial charge in [-0.15, -0.1) is 0 Å². The van der Waals surface area contributed by atoms with Crippen molar-refractivity contribution >= 4 is 22.6 Å². The Morgan fingerprint density at radius 1 is 1.37 bits per heavy atom. The molecule has 100 valence electrons. The van der Waals surface area contributed by atoms with Crippen molar-refractivity contribution in [1.29, 1.82) is 0 Å². The number of hydrogen-bond donors (Lipinski definition) is 1. The van der Waals surface area contributed by atoms with Crippen molar-refractivity contribution in [3.63, 3.8) is 0 Å². The molecule has 2 aromatic rings. The Kier molecular flexibility index (Phi) is 3.41. The third-order valence-corrected chi connectivity index (χ3v) is 2.58. The molecule has 0 atom stereocenters. The summed E-state index contributed by atoms with van der Waals surface area (Å²) in [6, 6.07) is 4.47. The Morgan fingerprint density at radius 3 is 2.74 bits per heavy atom. The summed E-state index contributed by atoms with van der Waals surface area (Å²) in [4.78, 5) is 23.3. The highest BCUT2D eigenvalue weighted by Gasteiger charge is 2.15. The van der Waals surface area contributed by atoms with Crippen molar-refractivity contribution < 1.29 is 18.7 Å². The topological polar surface area (TPSA) is 91.8 Å². The number of carbonyl (C=O) groups is 1. The highest BCUT2D eigenvalue weighted by atomic mass is 16.5. The van der Waals surface area contributed by atoms with Crippen molar-refractivity contribution in [2.75, 3.05) is 19.5 Å². The van der Waals surface area contributed by atoms with Crippen molar-refractivity contribution in [3.8, 4) is 5.75 Å². The number of anilines is 1. The summed E-state index contributed by atoms with van der Waals surface area (Å²) in [5.41, 5.74) is 5.54. The van der Waals surface area contributed by atoms with E-state index < -0.39 is 11.6 Å². The first-order valence-corrected chi connectivity index (χ1v) is 5.65. The molecule has 0 saturated heterocycles. The first-order chi connectivity index (χ1) is 9.06. The lowest BCUT2D eigenvalue weighted by Gasteiger charge is -2.06. The van der Waals surface area contributed by atoms with Gasteiger partial charge in [-0.3, -0.25) is 0 Å². The van der Waals surface area contributed by atoms with Crippen LogP contribution in [0.2, 0.25) is 0 Å². The number of benzene rings is 1. The van der Waals surface area contributed by atoms with Gasteiger partial charge in [-0.05, 0) is 19.1 Å². The highest BCUT2D eigenvalue weighted by Crippen LogP contribution is 2.27. The van der Waals surface area contributed by atoms with Gasteiger partial charge in [0.2, 0.25) is 0 Å². The average molecular weight is 263 g/mol. The second-order valence-corrected chi connectivity index (χ2v) is 3.80. The number of ether oxygens (including phenoxy) is 2. The van der Waals surface area contributed by atoms with E-state index in [1.807, 2.05) is 0 Å². The molecule has 2 N–H and O–H groups in total. The third kappa shape index (κ3) is 2.37. The standard InChI is InChI=1S/C13H13NO5/c1-3-18-12(15)8-4-7-5-9(14)11(17-2)6-10(7)19-13(8)16/h4-6H,3,14H2,1-2H3. The molecule has 0 aliphatic rings. The molecule has 0 unspecified atom stereocenters. The molecule has 0 bridgehead atoms. The van der Waals surface area contributed by atoms with Crippen molar-refractivity contribution in [2.24, 2.45) is 0 Å². The van der Waals surface area contributed by atoms with Gasteiger partial charge in [0.05, 0.1) is 19.4 Å². The number of hydrogen-bond acceptors (Lipinski definition) is 6. The zero-order valence-corrected chi connectivity index (χ0v) is 10.6. The van der Waals surface area contributed by atoms with Crippen molar-refractivity contribution in [2.45, 2.75) is 6.92 Å². The number of methoxy groups -OCH3 is 1. The van der Waals surface area contributed by atoms with Crippen LogP contribution >= 0.6 is 0 Å². The van der Waals surface area contributed by atoms with Crippen LogP contribution < -0.4 is 16.1 Å². The Bertz CT molecular complexity index is 689. The summed E-state index contributed by atoms with van der Waals surface area (Å²) >= 11 is 0. The number of rotatable bonds is 3. The summed E-state index contributed by atoms with van der Waals surface area (Å²) in [7, 11) is 1.46. The van der Waals surface area contributed by atoms with Crippen LogP contribution in [-0.2, 0) is 4.74 Å². The second-order valence-electron chi connectivity index (χ2n) is 3.80. The Labute approximate surface area is 108 Å². The lowest BCUT2D eigenvalue weighted by molar-refractivity contribution is 0.0522. The molecule has 1 aromatic carbocycles. The molecule has 0 saturated carbocycles. The fraction of sp³-hybridized carbons (Fsp3) is 0.231. The van der Waals surface area contributed by atoms with Crippen LogP contribution in [-0.4, -0.2) is 19.7 Å². The van der Waals surface area contributed by atoms with Gasteiger partial charge in [0.1, 0.15) is 16.9 Å². The third-order valence-electron chi connectivity index (χ3n) is 2.58. The predicted octanol–water partition coefficient (Wildman–Crippen LogP) is 1.56. The Morgan fingerprint density at radius 2 is 2.11 bits per heavy atom. The lowest BCUT2D eigenvalue weighted by Crippen LogP contribution is -2.16. The summed E-state index contributed by atoms with van der Waals surface area (Å²) in [6.45, 7) is 1.84. The van der Waals surface area contributed by atoms with Gasteiger partial charge in [-0.2, -0.15) is 0 Å². The van der Waals surface area contributed by atoms with Crippen LogP contribution in [0.1, 0.15) is 17.3 Å². The second kappa shape index (κ2) is 5.01. The maximum Gasteiger partial charge on any atom is 0.351 e. The van der Waals surface area contributed by atoms with E-state index >= 15 is 0 Å². The van der Waals surface area contributed by atoms with Crippen LogP contribution in [0.5, 0.6) is 5.75 Å². The maximum atomic E-state index is 11.7. The van der Waals surface area contributed by atoms with E-state index in [-0.39, 0.29) is 12.2 Å². The van der Waals surface area contributed by atoms with Gasteiger partial charge in [-0.1, -0.05) is 0 Å². The highest BCUT2D eigenvalue weighted by molar-refractivity contribution is 5.94. The smallest absolute Gasteiger partial charge is 0.351 e. The zero-order valence-electron chi connectivity index (χ0n) is 10.6. The molecule has 2 rings (SSSR count). The van der Waals surface area contributed by atoms with E-state index in [4.69, 9.17) is 19.6 Å². The van der Waals surface area contributed by atoms with Crippen molar-refractivity contribution in [1.82, 2.24) is 0 Å². The molecule has 0 aliphatic carbocycles. The molecule has 0 aliphatic heterocycles. The van der Waals surface area contributed by atoms with Crippen LogP contribution in [0.4, 0.5) is 5.69 Å². The summed E-state index contributed by atoms with van der Waals surface area (Å²) in [6.07, 6.45) is 0. The van der Waals surface area contributed by atoms with E-state index in [0.29, 0.717) is 22.4 Å². The monoisotopic (exact) mass is 263 g/mol. The average Bonchev–Trinajstić information content (AvgIpc) is 2.38. The summed E-state index contributed by atoms with van der Waals surface area (Å²) < 4.78 is 14.9. The summed E-state index contributed by atoms with van der Waals surface area (Å²) in [5.74, 6) is -0.313. The van der Waals surface area contributed by atoms with Crippen LogP contribution in [0.25, 0.3) is 11.0 Å². The maximum absolute atomic E-state index is 11.7. The SMILES string of the molecule is CCOC(=O)c1cc2cc(N)c(OC)cc2oc1=O. The zero-order chi connectivity index (χ0) is 14.0. The van der Waals surface area contributed by atoms with Gasteiger partial charge >= 0.3 is 11.6 Å². The molecule has 19 heavy (non-hydrogen) atoms. The van der Waals surface area contributed by atoms with Crippen LogP contribution in [0, 0.1) is 0 Å². The Hall–Kier alpha value is -2.50. The molecule has 0 radical (unpaired) electrons. The minimum Gasteiger partial charge on any atom is -0.494 e. The molecule has 0 amide bonds. The fourth-order valence-electron chi connectivity index (χ4n) is 1.69. The predicted molar refractivity (Wildman–Crippen MR) is 69.4 cm³/mol. The minimum atomic E-state index is -0.752. The number of fused-ring (bicyclic) bond motifs is 1. The molecular formula is C13H13NO5. The van der Waals surface area contributed by atoms with E-state index in [1.54, 1.807) is 13.0 Å². The molecule has 0 spiro atoms. The van der Waals surface area contributed by atoms with E-state index in [1.165, 1.54) is 19.2 Å². The molecule has 6 nitrogen and oxygen atoms in total. The van der Waals surface area contributed by atoms with Gasteiger partial charge in [0.15, 0.2) is 0 Å². The molecular weight excluding hydrogens is 250 g/mol.